The van der Waals surface area contributed by atoms with Gasteiger partial charge in [0.2, 0.25) is 10.0 Å². The summed E-state index contributed by atoms with van der Waals surface area (Å²) in [6.45, 7) is 1.79. The first-order chi connectivity index (χ1) is 9.75. The Hall–Kier alpha value is -1.38. The van der Waals surface area contributed by atoms with Gasteiger partial charge in [-0.1, -0.05) is 18.5 Å². The van der Waals surface area contributed by atoms with Crippen LogP contribution in [0.3, 0.4) is 0 Å². The topological polar surface area (TPSA) is 114 Å². The maximum absolute atomic E-state index is 12.8. The number of hydrogen-bond acceptors (Lipinski definition) is 5. The fraction of sp³-hybridized carbons (Fsp3) is 0.500. The Morgan fingerprint density at radius 2 is 2.29 bits per heavy atom. The van der Waals surface area contributed by atoms with Crippen LogP contribution in [0.4, 0.5) is 5.82 Å². The van der Waals surface area contributed by atoms with Crippen LogP contribution in [-0.4, -0.2) is 40.9 Å². The molecule has 116 valence electrons. The Bertz CT molecular complexity index is 679. The van der Waals surface area contributed by atoms with Gasteiger partial charge < -0.3 is 10.8 Å². The van der Waals surface area contributed by atoms with Crippen molar-refractivity contribution in [1.29, 1.82) is 0 Å². The summed E-state index contributed by atoms with van der Waals surface area (Å²) in [6.07, 6.45) is 2.17. The number of nitrogens with zero attached hydrogens (tertiary/aromatic N) is 2. The van der Waals surface area contributed by atoms with E-state index in [0.29, 0.717) is 6.42 Å². The molecule has 1 aliphatic rings. The molecule has 7 nitrogen and oxygen atoms in total. The number of carboxylic acid groups (broad SMARTS) is 1. The molecule has 1 unspecified atom stereocenters. The van der Waals surface area contributed by atoms with Gasteiger partial charge >= 0.3 is 5.97 Å². The number of halogens is 1. The van der Waals surface area contributed by atoms with Gasteiger partial charge in [0.1, 0.15) is 16.3 Å². The minimum Gasteiger partial charge on any atom is -0.480 e. The second-order valence-corrected chi connectivity index (χ2v) is 7.18. The standard InChI is InChI=1S/C12H16ClN3O4S/c1-2-12(11(17)18)4-3-5-16(12)21(19,20)9-6-8(13)7-15-10(9)14/h6-7H,2-5H2,1H3,(H2,14,15)(H,17,18). The lowest BCUT2D eigenvalue weighted by Gasteiger charge is -2.33. The molecule has 2 rings (SSSR count). The van der Waals surface area contributed by atoms with E-state index >= 15 is 0 Å². The number of carbonyl (C=O) groups is 1. The van der Waals surface area contributed by atoms with Gasteiger partial charge in [0.05, 0.1) is 5.02 Å². The Morgan fingerprint density at radius 3 is 2.86 bits per heavy atom. The SMILES string of the molecule is CCC1(C(=O)O)CCCN1S(=O)(=O)c1cc(Cl)cnc1N. The van der Waals surface area contributed by atoms with Crippen LogP contribution in [0.25, 0.3) is 0 Å². The molecule has 9 heteroatoms. The van der Waals surface area contributed by atoms with Crippen LogP contribution >= 0.6 is 11.6 Å². The predicted octanol–water partition coefficient (Wildman–Crippen LogP) is 1.34. The first kappa shape index (κ1) is 16.0. The highest BCUT2D eigenvalue weighted by atomic mass is 35.5. The van der Waals surface area contributed by atoms with Gasteiger partial charge in [0.25, 0.3) is 0 Å². The van der Waals surface area contributed by atoms with Gasteiger partial charge in [-0.15, -0.1) is 0 Å². The van der Waals surface area contributed by atoms with Crippen LogP contribution in [0.5, 0.6) is 0 Å². The molecular weight excluding hydrogens is 318 g/mol. The molecule has 21 heavy (non-hydrogen) atoms. The van der Waals surface area contributed by atoms with Crippen molar-refractivity contribution >= 4 is 33.4 Å². The molecule has 2 heterocycles. The predicted molar refractivity (Wildman–Crippen MR) is 77.4 cm³/mol. The number of pyridine rings is 1. The third kappa shape index (κ3) is 2.47. The maximum Gasteiger partial charge on any atom is 0.325 e. The van der Waals surface area contributed by atoms with Crippen LogP contribution in [0, 0.1) is 0 Å². The minimum atomic E-state index is -4.08. The van der Waals surface area contributed by atoms with Gasteiger partial charge in [-0.2, -0.15) is 4.31 Å². The zero-order valence-corrected chi connectivity index (χ0v) is 13.0. The number of aromatic nitrogens is 1. The van der Waals surface area contributed by atoms with Crippen LogP contribution in [0.1, 0.15) is 26.2 Å². The summed E-state index contributed by atoms with van der Waals surface area (Å²) < 4.78 is 26.5. The Balaban J connectivity index is 2.58. The average Bonchev–Trinajstić information content (AvgIpc) is 2.87. The molecule has 0 aromatic carbocycles. The molecule has 0 saturated carbocycles. The summed E-state index contributed by atoms with van der Waals surface area (Å²) >= 11 is 5.78. The molecule has 3 N–H and O–H groups in total. The smallest absolute Gasteiger partial charge is 0.325 e. The van der Waals surface area contributed by atoms with E-state index in [1.54, 1.807) is 6.92 Å². The van der Waals surface area contributed by atoms with Crippen molar-refractivity contribution in [2.45, 2.75) is 36.6 Å². The molecule has 1 atom stereocenters. The molecule has 1 fully saturated rings. The summed E-state index contributed by atoms with van der Waals surface area (Å²) in [4.78, 5) is 15.1. The fourth-order valence-corrected chi connectivity index (χ4v) is 4.86. The van der Waals surface area contributed by atoms with Crippen LogP contribution in [0.15, 0.2) is 17.2 Å². The quantitative estimate of drug-likeness (QED) is 0.859. The fourth-order valence-electron chi connectivity index (χ4n) is 2.68. The highest BCUT2D eigenvalue weighted by Gasteiger charge is 2.52. The van der Waals surface area contributed by atoms with Gasteiger partial charge in [-0.05, 0) is 25.3 Å². The zero-order chi connectivity index (χ0) is 15.8. The second-order valence-electron chi connectivity index (χ2n) is 4.91. The number of aliphatic carboxylic acids is 1. The van der Waals surface area contributed by atoms with Crippen LogP contribution in [0.2, 0.25) is 5.02 Å². The molecular formula is C12H16ClN3O4S. The van der Waals surface area contributed by atoms with Crippen molar-refractivity contribution in [2.24, 2.45) is 0 Å². The molecule has 1 aromatic heterocycles. The molecule has 1 aliphatic heterocycles. The second kappa shape index (κ2) is 5.43. The van der Waals surface area contributed by atoms with Crippen molar-refractivity contribution in [3.05, 3.63) is 17.3 Å². The summed E-state index contributed by atoms with van der Waals surface area (Å²) in [6, 6.07) is 1.19. The lowest BCUT2D eigenvalue weighted by Crippen LogP contribution is -2.52. The first-order valence-corrected chi connectivity index (χ1v) is 8.25. The Kier molecular flexibility index (Phi) is 4.14. The van der Waals surface area contributed by atoms with E-state index in [2.05, 4.69) is 4.98 Å². The molecule has 1 aromatic rings. The highest BCUT2D eigenvalue weighted by Crippen LogP contribution is 2.38. The molecule has 0 aliphatic carbocycles. The van der Waals surface area contributed by atoms with Gasteiger partial charge in [0, 0.05) is 12.7 Å². The molecule has 0 amide bonds. The van der Waals surface area contributed by atoms with Gasteiger partial charge in [0.15, 0.2) is 0 Å². The summed E-state index contributed by atoms with van der Waals surface area (Å²) in [5.74, 6) is -1.35. The number of carboxylic acids is 1. The Morgan fingerprint density at radius 1 is 1.62 bits per heavy atom. The normalized spacial score (nSPS) is 23.3. The van der Waals surface area contributed by atoms with Crippen molar-refractivity contribution in [2.75, 3.05) is 12.3 Å². The largest absolute Gasteiger partial charge is 0.480 e. The maximum atomic E-state index is 12.8. The summed E-state index contributed by atoms with van der Waals surface area (Å²) in [7, 11) is -4.08. The van der Waals surface area contributed by atoms with E-state index in [0.717, 1.165) is 4.31 Å². The summed E-state index contributed by atoms with van der Waals surface area (Å²) in [5, 5.41) is 9.61. The van der Waals surface area contributed by atoms with Crippen molar-refractivity contribution in [1.82, 2.24) is 9.29 Å². The molecule has 0 spiro atoms. The lowest BCUT2D eigenvalue weighted by atomic mass is 9.95. The third-order valence-electron chi connectivity index (χ3n) is 3.83. The average molecular weight is 334 g/mol. The van der Waals surface area contributed by atoms with Crippen LogP contribution < -0.4 is 5.73 Å². The van der Waals surface area contributed by atoms with E-state index in [9.17, 15) is 18.3 Å². The number of rotatable bonds is 4. The lowest BCUT2D eigenvalue weighted by molar-refractivity contribution is -0.147. The van der Waals surface area contributed by atoms with Crippen LogP contribution in [-0.2, 0) is 14.8 Å². The molecule has 1 saturated heterocycles. The number of nitrogen functional groups attached to an aromatic ring is 1. The third-order valence-corrected chi connectivity index (χ3v) is 6.03. The van der Waals surface area contributed by atoms with Crippen molar-refractivity contribution in [3.8, 4) is 0 Å². The van der Waals surface area contributed by atoms with Gasteiger partial charge in [-0.25, -0.2) is 13.4 Å². The first-order valence-electron chi connectivity index (χ1n) is 6.43. The van der Waals surface area contributed by atoms with Crippen molar-refractivity contribution in [3.63, 3.8) is 0 Å². The van der Waals surface area contributed by atoms with Gasteiger partial charge in [-0.3, -0.25) is 4.79 Å². The number of sulfonamides is 1. The van der Waals surface area contributed by atoms with E-state index in [1.165, 1.54) is 12.3 Å². The Labute approximate surface area is 127 Å². The monoisotopic (exact) mass is 333 g/mol. The van der Waals surface area contributed by atoms with E-state index in [4.69, 9.17) is 17.3 Å². The van der Waals surface area contributed by atoms with Crippen molar-refractivity contribution < 1.29 is 18.3 Å². The minimum absolute atomic E-state index is 0.124. The molecule has 0 radical (unpaired) electrons. The van der Waals surface area contributed by atoms with E-state index in [1.807, 2.05) is 0 Å². The number of hydrogen-bond donors (Lipinski definition) is 2. The zero-order valence-electron chi connectivity index (χ0n) is 11.4. The van der Waals surface area contributed by atoms with E-state index < -0.39 is 21.5 Å². The highest BCUT2D eigenvalue weighted by molar-refractivity contribution is 7.89. The molecule has 0 bridgehead atoms. The number of nitrogens with two attached hydrogens (primary N) is 1. The summed E-state index contributed by atoms with van der Waals surface area (Å²) in [5.41, 5.74) is 4.19. The number of anilines is 1. The van der Waals surface area contributed by atoms with E-state index in [-0.39, 0.29) is 35.1 Å².